The van der Waals surface area contributed by atoms with E-state index in [0.29, 0.717) is 95.2 Å². The number of esters is 1. The van der Waals surface area contributed by atoms with Gasteiger partial charge in [-0.1, -0.05) is 126 Å². The third kappa shape index (κ3) is 26.5. The fraction of sp³-hybridized carbons (Fsp3) is 0.453. The molecule has 4 aromatic carbocycles. The zero-order chi connectivity index (χ0) is 77.5. The quantitative estimate of drug-likeness (QED) is 0.00637. The van der Waals surface area contributed by atoms with Gasteiger partial charge < -0.3 is 76.3 Å². The van der Waals surface area contributed by atoms with Crippen LogP contribution >= 0.6 is 21.6 Å². The number of urea groups is 1. The highest BCUT2D eigenvalue weighted by Gasteiger charge is 2.37. The Kier molecular flexibility index (Phi) is 33.4. The number of nitrogens with two attached hydrogens (primary N) is 1. The Labute approximate surface area is 623 Å². The molecule has 1 aliphatic heterocycles. The molecule has 7 rings (SSSR count). The molecule has 30 nitrogen and oxygen atoms in total. The smallest absolute Gasteiger partial charge is 0.326 e. The molecule has 0 radical (unpaired) electrons. The molecule has 0 spiro atoms. The van der Waals surface area contributed by atoms with Crippen LogP contribution in [0.15, 0.2) is 95.8 Å². The minimum absolute atomic E-state index is 0.00282. The lowest BCUT2D eigenvalue weighted by atomic mass is 9.89. The minimum Gasteiger partial charge on any atom is -0.481 e. The number of ether oxygens (including phenoxy) is 4. The van der Waals surface area contributed by atoms with Gasteiger partial charge in [-0.25, -0.2) is 9.59 Å². The van der Waals surface area contributed by atoms with E-state index in [2.05, 4.69) is 31.3 Å². The normalized spacial score (nSPS) is 13.8. The second-order valence-electron chi connectivity index (χ2n) is 26.0. The molecule has 11 N–H and O–H groups in total. The van der Waals surface area contributed by atoms with Gasteiger partial charge in [0, 0.05) is 97.4 Å². The van der Waals surface area contributed by atoms with Gasteiger partial charge in [-0.3, -0.25) is 62.3 Å². The first-order chi connectivity index (χ1) is 51.3. The average Bonchev–Trinajstić information content (AvgIpc) is 1.57. The highest BCUT2D eigenvalue weighted by atomic mass is 33.1. The zero-order valence-corrected chi connectivity index (χ0v) is 60.7. The van der Waals surface area contributed by atoms with Crippen molar-refractivity contribution in [2.75, 3.05) is 31.5 Å². The molecule has 5 amide bonds. The van der Waals surface area contributed by atoms with Crippen molar-refractivity contribution in [1.82, 2.24) is 31.2 Å². The van der Waals surface area contributed by atoms with E-state index in [1.54, 1.807) is 89.5 Å². The third-order valence-corrected chi connectivity index (χ3v) is 20.3. The summed E-state index contributed by atoms with van der Waals surface area (Å²) in [5.41, 5.74) is 10.0. The first kappa shape index (κ1) is 83.8. The number of hydrogen-bond acceptors (Lipinski definition) is 22. The predicted octanol–water partition coefficient (Wildman–Crippen LogP) is 6.54. The molecule has 2 aliphatic rings. The van der Waals surface area contributed by atoms with Crippen molar-refractivity contribution in [2.24, 2.45) is 17.6 Å². The molecule has 5 aromatic rings. The molecule has 7 atom stereocenters. The summed E-state index contributed by atoms with van der Waals surface area (Å²) >= 11 is 0. The van der Waals surface area contributed by atoms with Crippen LogP contribution in [0.2, 0.25) is 0 Å². The summed E-state index contributed by atoms with van der Waals surface area (Å²) in [5.74, 6) is -11.4. The van der Waals surface area contributed by atoms with Gasteiger partial charge in [0.1, 0.15) is 24.5 Å². The summed E-state index contributed by atoms with van der Waals surface area (Å²) < 4.78 is 22.7. The molecule has 574 valence electrons. The van der Waals surface area contributed by atoms with E-state index in [0.717, 1.165) is 28.3 Å². The van der Waals surface area contributed by atoms with E-state index < -0.39 is 133 Å². The molecule has 0 bridgehead atoms. The van der Waals surface area contributed by atoms with Gasteiger partial charge in [0.2, 0.25) is 24.5 Å². The van der Waals surface area contributed by atoms with Crippen molar-refractivity contribution in [3.63, 3.8) is 0 Å². The standard InChI is InChI=1S/C75H89N7O23S2/c1-44-23-25-50-53(32-44)72(96)82(68-51-37-60-61(105-43-104-60)38-52(51)69(93)67(50)68)29-15-14-22-66(92)102-30-31-106-107-41-48(73(97)98)36-59(86)57(39-65(90)91)79-71(95)54(76)40-77-70(94)47(33-45-16-8-6-9-17-45)35-58(85)56(34-46-18-10-7-11-19-46)78-62(87)21-13-5-3-2-4-12-20-49(84)24-26-55(74(99)100)80-75(101)81-63(103-42-83)27-28-64(88)89/h6-11,16-19,23,25,32,37-38,42,47-48,54-57,63H,2-5,12-15,20-22,24,26-31,33-36,39-41,43,76H2,1H3,(H,77,94)(H,78,87)(H,79,95)(H,88,89)(H,90,91)(H,97,98)(H,99,100)(H2,80,81,101)/t47-,48+,54+,55+,56+,57+,63-/m1/s1. The first-order valence-corrected chi connectivity index (χ1v) is 37.7. The second-order valence-corrected chi connectivity index (χ2v) is 28.7. The van der Waals surface area contributed by atoms with Gasteiger partial charge in [-0.2, -0.15) is 0 Å². The van der Waals surface area contributed by atoms with E-state index in [1.165, 1.54) is 10.8 Å². The summed E-state index contributed by atoms with van der Waals surface area (Å²) in [6.45, 7) is 1.49. The van der Waals surface area contributed by atoms with Crippen LogP contribution in [-0.2, 0) is 86.4 Å². The van der Waals surface area contributed by atoms with E-state index in [1.807, 2.05) is 13.0 Å². The monoisotopic (exact) mass is 1520 g/mol. The van der Waals surface area contributed by atoms with Crippen molar-refractivity contribution in [2.45, 2.75) is 172 Å². The Hall–Kier alpha value is -10.5. The molecule has 107 heavy (non-hydrogen) atoms. The van der Waals surface area contributed by atoms with Crippen LogP contribution in [0.25, 0.3) is 22.0 Å². The number of unbranched alkanes of at least 4 members (excludes halogenated alkanes) is 6. The van der Waals surface area contributed by atoms with Crippen molar-refractivity contribution in [3.05, 3.63) is 129 Å². The number of hydrogen-bond donors (Lipinski definition) is 10. The summed E-state index contributed by atoms with van der Waals surface area (Å²) in [6, 6.07) is 19.6. The lowest BCUT2D eigenvalue weighted by molar-refractivity contribution is -0.144. The van der Waals surface area contributed by atoms with Crippen molar-refractivity contribution in [1.29, 1.82) is 0 Å². The van der Waals surface area contributed by atoms with Gasteiger partial charge in [0.25, 0.3) is 12.0 Å². The largest absolute Gasteiger partial charge is 0.481 e. The number of nitrogens with one attached hydrogen (secondary N) is 5. The van der Waals surface area contributed by atoms with Crippen LogP contribution < -0.4 is 47.4 Å². The van der Waals surface area contributed by atoms with Gasteiger partial charge in [0.05, 0.1) is 42.1 Å². The average molecular weight is 1520 g/mol. The number of carbonyl (C=O) groups is 14. The molecule has 0 saturated carbocycles. The summed E-state index contributed by atoms with van der Waals surface area (Å²) in [7, 11) is 2.24. The van der Waals surface area contributed by atoms with E-state index >= 15 is 0 Å². The van der Waals surface area contributed by atoms with Gasteiger partial charge in [-0.15, -0.1) is 0 Å². The number of carbonyl (C=O) groups excluding carboxylic acids is 10. The predicted molar refractivity (Wildman–Crippen MR) is 391 cm³/mol. The first-order valence-electron chi connectivity index (χ1n) is 35.2. The van der Waals surface area contributed by atoms with E-state index in [-0.39, 0.29) is 113 Å². The summed E-state index contributed by atoms with van der Waals surface area (Å²) in [5, 5.41) is 51.4. The lowest BCUT2D eigenvalue weighted by Gasteiger charge is -2.23. The number of fused-ring (bicyclic) bond motifs is 6. The van der Waals surface area contributed by atoms with Crippen molar-refractivity contribution < 1.29 is 106 Å². The number of Topliss-reactive ketones (excluding diaryl/α,β-unsaturated/α-hetero) is 3. The van der Waals surface area contributed by atoms with Crippen LogP contribution in [-0.4, -0.2) is 170 Å². The van der Waals surface area contributed by atoms with Crippen molar-refractivity contribution in [3.8, 4) is 22.8 Å². The molecule has 0 fully saturated rings. The van der Waals surface area contributed by atoms with Crippen LogP contribution in [0.4, 0.5) is 4.79 Å². The number of carboxylic acid groups (broad SMARTS) is 4. The van der Waals surface area contributed by atoms with Gasteiger partial charge in [-0.05, 0) is 81.2 Å². The number of rotatable bonds is 50. The van der Waals surface area contributed by atoms with Crippen LogP contribution in [0.5, 0.6) is 11.5 Å². The molecule has 32 heteroatoms. The number of aliphatic carboxylic acids is 4. The topological polar surface area (TPSA) is 465 Å². The number of ketones is 4. The SMILES string of the molecule is Cc1ccc2c3c(n(CCCCC(=O)OCCSSC[C@H](CC(=O)[C@H](CC(=O)O)NC(=O)[C@@H](N)CNC(=O)[C@@H](CC(=O)[C@H](Cc4ccccc4)NC(=O)CCCCCCCCC(=O)CC[C@H](NC(=O)N[C@@H](CCC(=O)O)OC=O)C(=O)O)Cc4ccccc4)C(=O)O)c(=O)c2c1)-c1cc2c(cc1C3=O)OCO2. The molecular weight excluding hydrogens is 1430 g/mol. The Morgan fingerprint density at radius 1 is 0.607 bits per heavy atom. The number of nitrogens with zero attached hydrogens (tertiary/aromatic N) is 1. The molecule has 1 aromatic heterocycles. The molecular formula is C75H89N7O23S2. The second kappa shape index (κ2) is 42.6. The van der Waals surface area contributed by atoms with Gasteiger partial charge in [0.15, 0.2) is 35.1 Å². The van der Waals surface area contributed by atoms with Crippen LogP contribution in [0.3, 0.4) is 0 Å². The van der Waals surface area contributed by atoms with Crippen LogP contribution in [0, 0.1) is 18.8 Å². The number of benzene rings is 4. The maximum Gasteiger partial charge on any atom is 0.326 e. The fourth-order valence-electron chi connectivity index (χ4n) is 12.2. The minimum atomic E-state index is -1.71. The van der Waals surface area contributed by atoms with E-state index in [4.69, 9.17) is 25.1 Å². The lowest BCUT2D eigenvalue weighted by Crippen LogP contribution is -2.53. The summed E-state index contributed by atoms with van der Waals surface area (Å²) in [6.07, 6.45) is 0.469. The maximum absolute atomic E-state index is 14.3. The number of carboxylic acids is 4. The van der Waals surface area contributed by atoms with Crippen molar-refractivity contribution >= 4 is 116 Å². The highest BCUT2D eigenvalue weighted by molar-refractivity contribution is 8.76. The Balaban J connectivity index is 0.821. The Morgan fingerprint density at radius 3 is 1.90 bits per heavy atom. The highest BCUT2D eigenvalue weighted by Crippen LogP contribution is 2.46. The fourth-order valence-corrected chi connectivity index (χ4v) is 14.4. The Morgan fingerprint density at radius 2 is 1.24 bits per heavy atom. The number of aryl methyl sites for hydroxylation is 1. The molecule has 0 saturated heterocycles. The van der Waals surface area contributed by atoms with Gasteiger partial charge >= 0.3 is 35.9 Å². The maximum atomic E-state index is 14.3. The summed E-state index contributed by atoms with van der Waals surface area (Å²) in [4.78, 5) is 193. The zero-order valence-electron chi connectivity index (χ0n) is 59.1. The van der Waals surface area contributed by atoms with E-state index in [9.17, 15) is 87.2 Å². The molecule has 2 heterocycles. The number of pyridine rings is 1. The van der Waals surface area contributed by atoms with Crippen LogP contribution in [0.1, 0.15) is 148 Å². The Bertz CT molecular complexity index is 4100. The third-order valence-electron chi connectivity index (χ3n) is 17.9. The molecule has 1 aliphatic carbocycles. The number of aromatic nitrogens is 1. The molecule has 0 unspecified atom stereocenters. The number of amides is 5.